The molecule has 29 heavy (non-hydrogen) atoms. The number of halogens is 2. The quantitative estimate of drug-likeness (QED) is 0.289. The van der Waals surface area contributed by atoms with Crippen molar-refractivity contribution in [3.63, 3.8) is 0 Å². The van der Waals surface area contributed by atoms with Crippen molar-refractivity contribution in [3.05, 3.63) is 53.8 Å². The first-order chi connectivity index (χ1) is 13.6. The Bertz CT molecular complexity index is 772. The van der Waals surface area contributed by atoms with Crippen LogP contribution in [0.25, 0.3) is 0 Å². The molecule has 6 nitrogen and oxygen atoms in total. The molecule has 0 heterocycles. The molecule has 0 radical (unpaired) electrons. The number of anilines is 1. The molecular weight excluding hydrogens is 488 g/mol. The van der Waals surface area contributed by atoms with Crippen LogP contribution in [0.1, 0.15) is 25.5 Å². The Balaban J connectivity index is 0.00000420. The number of guanidine groups is 1. The van der Waals surface area contributed by atoms with Gasteiger partial charge in [-0.1, -0.05) is 12.1 Å². The summed E-state index contributed by atoms with van der Waals surface area (Å²) >= 11 is 0. The van der Waals surface area contributed by atoms with Gasteiger partial charge < -0.3 is 24.8 Å². The molecule has 0 spiro atoms. The van der Waals surface area contributed by atoms with E-state index in [4.69, 9.17) is 14.2 Å². The third-order valence-corrected chi connectivity index (χ3v) is 4.01. The van der Waals surface area contributed by atoms with Crippen molar-refractivity contribution >= 4 is 35.6 Å². The average molecular weight is 517 g/mol. The summed E-state index contributed by atoms with van der Waals surface area (Å²) in [7, 11) is 3.22. The monoisotopic (exact) mass is 517 g/mol. The molecule has 0 saturated heterocycles. The molecule has 160 valence electrons. The number of hydrogen-bond donors (Lipinski definition) is 2. The predicted octanol–water partition coefficient (Wildman–Crippen LogP) is 4.62. The maximum absolute atomic E-state index is 13.1. The van der Waals surface area contributed by atoms with E-state index in [1.54, 1.807) is 26.4 Å². The zero-order valence-corrected chi connectivity index (χ0v) is 19.5. The van der Waals surface area contributed by atoms with Crippen LogP contribution in [0.4, 0.5) is 10.1 Å². The number of rotatable bonds is 9. The van der Waals surface area contributed by atoms with E-state index in [-0.39, 0.29) is 35.9 Å². The molecule has 0 aliphatic carbocycles. The third-order valence-electron chi connectivity index (χ3n) is 4.01. The van der Waals surface area contributed by atoms with Gasteiger partial charge in [0.2, 0.25) is 0 Å². The number of nitrogens with zero attached hydrogens (tertiary/aromatic N) is 1. The summed E-state index contributed by atoms with van der Waals surface area (Å²) in [4.78, 5) is 4.60. The van der Waals surface area contributed by atoms with E-state index in [0.29, 0.717) is 37.2 Å². The smallest absolute Gasteiger partial charge is 0.195 e. The first-order valence-electron chi connectivity index (χ1n) is 9.25. The van der Waals surface area contributed by atoms with Crippen molar-refractivity contribution < 1.29 is 18.6 Å². The second-order valence-corrected chi connectivity index (χ2v) is 5.92. The summed E-state index contributed by atoms with van der Waals surface area (Å²) in [5.74, 6) is 1.66. The number of benzene rings is 2. The Kier molecular flexibility index (Phi) is 11.4. The SMILES string of the molecule is CCNC(=NCC(OC)c1ccc(F)cc1)Nc1ccc(OCC)c(OC)c1.I. The molecule has 1 atom stereocenters. The molecule has 0 aliphatic rings. The summed E-state index contributed by atoms with van der Waals surface area (Å²) in [5.41, 5.74) is 1.68. The van der Waals surface area contributed by atoms with Gasteiger partial charge in [-0.05, 0) is 43.7 Å². The standard InChI is InChI=1S/C21H28FN3O3.HI/c1-5-23-21(24-14-20(27-4)15-7-9-16(22)10-8-15)25-17-11-12-18(28-6-2)19(13-17)26-3;/h7-13,20H,5-6,14H2,1-4H3,(H2,23,24,25);1H. The van der Waals surface area contributed by atoms with Gasteiger partial charge in [-0.15, -0.1) is 24.0 Å². The van der Waals surface area contributed by atoms with Gasteiger partial charge >= 0.3 is 0 Å². The van der Waals surface area contributed by atoms with Crippen molar-refractivity contribution in [2.75, 3.05) is 39.2 Å². The molecule has 0 aliphatic heterocycles. The second kappa shape index (κ2) is 13.2. The molecular formula is C21H29FIN3O3. The van der Waals surface area contributed by atoms with Crippen molar-refractivity contribution in [1.29, 1.82) is 0 Å². The lowest BCUT2D eigenvalue weighted by Crippen LogP contribution is -2.31. The van der Waals surface area contributed by atoms with Gasteiger partial charge in [0.1, 0.15) is 11.9 Å². The van der Waals surface area contributed by atoms with Crippen molar-refractivity contribution in [2.24, 2.45) is 4.99 Å². The summed E-state index contributed by atoms with van der Waals surface area (Å²) in [6.07, 6.45) is -0.272. The molecule has 0 aromatic heterocycles. The minimum absolute atomic E-state index is 0. The second-order valence-electron chi connectivity index (χ2n) is 5.92. The lowest BCUT2D eigenvalue weighted by atomic mass is 10.1. The molecule has 2 aromatic rings. The van der Waals surface area contributed by atoms with Crippen molar-refractivity contribution in [1.82, 2.24) is 5.32 Å². The number of methoxy groups -OCH3 is 2. The molecule has 0 saturated carbocycles. The Morgan fingerprint density at radius 1 is 1.07 bits per heavy atom. The van der Waals surface area contributed by atoms with Crippen LogP contribution in [0.3, 0.4) is 0 Å². The summed E-state index contributed by atoms with van der Waals surface area (Å²) in [5, 5.41) is 6.45. The highest BCUT2D eigenvalue weighted by Crippen LogP contribution is 2.30. The topological polar surface area (TPSA) is 64.1 Å². The fourth-order valence-electron chi connectivity index (χ4n) is 2.63. The van der Waals surface area contributed by atoms with Gasteiger partial charge in [0.25, 0.3) is 0 Å². The van der Waals surface area contributed by atoms with Crippen molar-refractivity contribution in [3.8, 4) is 11.5 Å². The minimum atomic E-state index is -0.276. The van der Waals surface area contributed by atoms with Crippen LogP contribution >= 0.6 is 24.0 Å². The summed E-state index contributed by atoms with van der Waals surface area (Å²) < 4.78 is 29.6. The Labute approximate surface area is 188 Å². The van der Waals surface area contributed by atoms with Crippen LogP contribution in [-0.2, 0) is 4.74 Å². The zero-order chi connectivity index (χ0) is 20.4. The van der Waals surface area contributed by atoms with Crippen LogP contribution in [0, 0.1) is 5.82 Å². The van der Waals surface area contributed by atoms with Gasteiger partial charge in [-0.3, -0.25) is 0 Å². The van der Waals surface area contributed by atoms with E-state index < -0.39 is 0 Å². The average Bonchev–Trinajstić information content (AvgIpc) is 2.71. The fourth-order valence-corrected chi connectivity index (χ4v) is 2.63. The maximum Gasteiger partial charge on any atom is 0.195 e. The molecule has 2 N–H and O–H groups in total. The van der Waals surface area contributed by atoms with Gasteiger partial charge in [0.05, 0.1) is 20.3 Å². The minimum Gasteiger partial charge on any atom is -0.493 e. The third kappa shape index (κ3) is 7.69. The predicted molar refractivity (Wildman–Crippen MR) is 125 cm³/mol. The summed E-state index contributed by atoms with van der Waals surface area (Å²) in [6.45, 7) is 5.56. The molecule has 0 bridgehead atoms. The van der Waals surface area contributed by atoms with Crippen LogP contribution in [0.15, 0.2) is 47.5 Å². The van der Waals surface area contributed by atoms with E-state index in [0.717, 1.165) is 11.3 Å². The number of aliphatic imine (C=N–C) groups is 1. The number of nitrogens with one attached hydrogen (secondary N) is 2. The van der Waals surface area contributed by atoms with E-state index >= 15 is 0 Å². The normalized spacial score (nSPS) is 12.0. The Hall–Kier alpha value is -2.07. The highest BCUT2D eigenvalue weighted by Gasteiger charge is 2.11. The molecule has 0 fully saturated rings. The van der Waals surface area contributed by atoms with Gasteiger partial charge in [0, 0.05) is 25.4 Å². The maximum atomic E-state index is 13.1. The first-order valence-corrected chi connectivity index (χ1v) is 9.25. The van der Waals surface area contributed by atoms with Crippen LogP contribution in [0.5, 0.6) is 11.5 Å². The number of ether oxygens (including phenoxy) is 3. The van der Waals surface area contributed by atoms with Crippen LogP contribution in [-0.4, -0.2) is 39.9 Å². The first kappa shape index (κ1) is 25.0. The van der Waals surface area contributed by atoms with E-state index in [9.17, 15) is 4.39 Å². The molecule has 2 aromatic carbocycles. The van der Waals surface area contributed by atoms with Gasteiger partial charge in [-0.2, -0.15) is 0 Å². The Morgan fingerprint density at radius 2 is 1.79 bits per heavy atom. The molecule has 1 unspecified atom stereocenters. The van der Waals surface area contributed by atoms with Gasteiger partial charge in [-0.25, -0.2) is 9.38 Å². The lowest BCUT2D eigenvalue weighted by Gasteiger charge is -2.17. The largest absolute Gasteiger partial charge is 0.493 e. The zero-order valence-electron chi connectivity index (χ0n) is 17.2. The molecule has 2 rings (SSSR count). The van der Waals surface area contributed by atoms with E-state index in [2.05, 4.69) is 15.6 Å². The summed E-state index contributed by atoms with van der Waals surface area (Å²) in [6, 6.07) is 11.8. The highest BCUT2D eigenvalue weighted by molar-refractivity contribution is 14.0. The highest BCUT2D eigenvalue weighted by atomic mass is 127. The lowest BCUT2D eigenvalue weighted by molar-refractivity contribution is 0.111. The van der Waals surface area contributed by atoms with Crippen LogP contribution in [0.2, 0.25) is 0 Å². The van der Waals surface area contributed by atoms with Crippen molar-refractivity contribution in [2.45, 2.75) is 20.0 Å². The van der Waals surface area contributed by atoms with E-state index in [1.807, 2.05) is 32.0 Å². The fraction of sp³-hybridized carbons (Fsp3) is 0.381. The Morgan fingerprint density at radius 3 is 2.38 bits per heavy atom. The molecule has 8 heteroatoms. The van der Waals surface area contributed by atoms with E-state index in [1.165, 1.54) is 12.1 Å². The van der Waals surface area contributed by atoms with Crippen LogP contribution < -0.4 is 20.1 Å². The van der Waals surface area contributed by atoms with Gasteiger partial charge in [0.15, 0.2) is 17.5 Å². The molecule has 0 amide bonds. The number of hydrogen-bond acceptors (Lipinski definition) is 4.